The highest BCUT2D eigenvalue weighted by molar-refractivity contribution is 5.26. The summed E-state index contributed by atoms with van der Waals surface area (Å²) in [6.45, 7) is 6.42. The maximum Gasteiger partial charge on any atom is 0.0411 e. The molecule has 1 atom stereocenters. The fourth-order valence-corrected chi connectivity index (χ4v) is 2.05. The third-order valence-corrected chi connectivity index (χ3v) is 2.77. The Morgan fingerprint density at radius 1 is 1.38 bits per heavy atom. The summed E-state index contributed by atoms with van der Waals surface area (Å²) in [5.74, 6) is 0.688. The van der Waals surface area contributed by atoms with Crippen molar-refractivity contribution in [3.8, 4) is 0 Å². The molecule has 0 amide bonds. The molecule has 1 aromatic rings. The second kappa shape index (κ2) is 3.46. The van der Waals surface area contributed by atoms with Gasteiger partial charge in [0.1, 0.15) is 0 Å². The van der Waals surface area contributed by atoms with Crippen LogP contribution in [-0.2, 0) is 0 Å². The van der Waals surface area contributed by atoms with E-state index in [2.05, 4.69) is 29.4 Å². The number of pyridine rings is 1. The van der Waals surface area contributed by atoms with E-state index in [0.29, 0.717) is 5.92 Å². The van der Waals surface area contributed by atoms with Crippen LogP contribution in [-0.4, -0.2) is 18.1 Å². The van der Waals surface area contributed by atoms with Gasteiger partial charge in [0.05, 0.1) is 0 Å². The van der Waals surface area contributed by atoms with Crippen LogP contribution in [0.15, 0.2) is 12.1 Å². The molecule has 1 aliphatic rings. The summed E-state index contributed by atoms with van der Waals surface area (Å²) < 4.78 is 0. The van der Waals surface area contributed by atoms with E-state index in [9.17, 15) is 0 Å². The van der Waals surface area contributed by atoms with Crippen molar-refractivity contribution in [1.82, 2.24) is 10.3 Å². The van der Waals surface area contributed by atoms with Gasteiger partial charge in [-0.3, -0.25) is 4.98 Å². The molecular weight excluding hydrogens is 160 g/mol. The average Bonchev–Trinajstić information content (AvgIpc) is 2.56. The molecule has 0 aliphatic carbocycles. The van der Waals surface area contributed by atoms with Gasteiger partial charge in [-0.15, -0.1) is 0 Å². The molecule has 70 valence electrons. The van der Waals surface area contributed by atoms with E-state index in [1.54, 1.807) is 0 Å². The van der Waals surface area contributed by atoms with E-state index in [1.165, 1.54) is 17.7 Å². The van der Waals surface area contributed by atoms with Crippen LogP contribution in [0.25, 0.3) is 0 Å². The van der Waals surface area contributed by atoms with E-state index in [1.807, 2.05) is 6.92 Å². The molecule has 2 nitrogen and oxygen atoms in total. The minimum Gasteiger partial charge on any atom is -0.316 e. The van der Waals surface area contributed by atoms with Crippen LogP contribution in [0, 0.1) is 13.8 Å². The molecule has 2 heteroatoms. The van der Waals surface area contributed by atoms with Crippen LogP contribution in [0.5, 0.6) is 0 Å². The summed E-state index contributed by atoms with van der Waals surface area (Å²) in [6, 6.07) is 4.34. The number of nitrogens with one attached hydrogen (secondary N) is 1. The Morgan fingerprint density at radius 2 is 2.23 bits per heavy atom. The molecular formula is C11H16N2. The molecule has 0 radical (unpaired) electrons. The first kappa shape index (κ1) is 8.70. The summed E-state index contributed by atoms with van der Waals surface area (Å²) in [5, 5.41) is 3.38. The number of hydrogen-bond donors (Lipinski definition) is 1. The Bertz CT molecular complexity index is 301. The van der Waals surface area contributed by atoms with E-state index in [-0.39, 0.29) is 0 Å². The minimum absolute atomic E-state index is 0.688. The Kier molecular flexibility index (Phi) is 2.32. The lowest BCUT2D eigenvalue weighted by molar-refractivity contribution is 0.748. The summed E-state index contributed by atoms with van der Waals surface area (Å²) in [7, 11) is 0. The van der Waals surface area contributed by atoms with Crippen LogP contribution in [0.2, 0.25) is 0 Å². The van der Waals surface area contributed by atoms with Crippen molar-refractivity contribution >= 4 is 0 Å². The van der Waals surface area contributed by atoms with Gasteiger partial charge in [0.15, 0.2) is 0 Å². The molecule has 0 bridgehead atoms. The second-order valence-corrected chi connectivity index (χ2v) is 3.82. The molecule has 0 spiro atoms. The van der Waals surface area contributed by atoms with Crippen LogP contribution in [0.1, 0.15) is 29.3 Å². The largest absolute Gasteiger partial charge is 0.316 e. The maximum atomic E-state index is 4.49. The van der Waals surface area contributed by atoms with Crippen LogP contribution in [0.3, 0.4) is 0 Å². The average molecular weight is 176 g/mol. The molecule has 0 aromatic carbocycles. The molecule has 1 unspecified atom stereocenters. The van der Waals surface area contributed by atoms with Gasteiger partial charge in [-0.05, 0) is 44.4 Å². The van der Waals surface area contributed by atoms with E-state index in [4.69, 9.17) is 0 Å². The number of rotatable bonds is 1. The monoisotopic (exact) mass is 176 g/mol. The van der Waals surface area contributed by atoms with Crippen molar-refractivity contribution in [1.29, 1.82) is 0 Å². The fourth-order valence-electron chi connectivity index (χ4n) is 2.05. The Labute approximate surface area is 79.4 Å². The van der Waals surface area contributed by atoms with Crippen molar-refractivity contribution in [2.24, 2.45) is 0 Å². The lowest BCUT2D eigenvalue weighted by Gasteiger charge is -2.11. The second-order valence-electron chi connectivity index (χ2n) is 3.82. The number of aromatic nitrogens is 1. The highest BCUT2D eigenvalue weighted by Crippen LogP contribution is 2.24. The predicted molar refractivity (Wildman–Crippen MR) is 53.9 cm³/mol. The quantitative estimate of drug-likeness (QED) is 0.705. The summed E-state index contributed by atoms with van der Waals surface area (Å²) >= 11 is 0. The standard InChI is InChI=1S/C11H16N2/c1-8-3-4-11(9(2)13-8)10-5-6-12-7-10/h3-4,10,12H,5-7H2,1-2H3. The molecule has 1 aliphatic heterocycles. The van der Waals surface area contributed by atoms with Gasteiger partial charge in [-0.25, -0.2) is 0 Å². The van der Waals surface area contributed by atoms with Gasteiger partial charge in [-0.1, -0.05) is 6.07 Å². The van der Waals surface area contributed by atoms with E-state index < -0.39 is 0 Å². The SMILES string of the molecule is Cc1ccc(C2CCNC2)c(C)n1. The Morgan fingerprint density at radius 3 is 2.85 bits per heavy atom. The lowest BCUT2D eigenvalue weighted by Crippen LogP contribution is -2.09. The predicted octanol–water partition coefficient (Wildman–Crippen LogP) is 1.78. The zero-order valence-electron chi connectivity index (χ0n) is 8.30. The van der Waals surface area contributed by atoms with Crippen LogP contribution in [0.4, 0.5) is 0 Å². The molecule has 2 heterocycles. The van der Waals surface area contributed by atoms with Gasteiger partial charge >= 0.3 is 0 Å². The number of aryl methyl sites for hydroxylation is 2. The first-order chi connectivity index (χ1) is 6.27. The zero-order valence-corrected chi connectivity index (χ0v) is 8.30. The molecule has 1 fully saturated rings. The number of nitrogens with zero attached hydrogens (tertiary/aromatic N) is 1. The molecule has 1 N–H and O–H groups in total. The zero-order chi connectivity index (χ0) is 9.26. The van der Waals surface area contributed by atoms with E-state index in [0.717, 1.165) is 18.8 Å². The van der Waals surface area contributed by atoms with Crippen molar-refractivity contribution in [2.45, 2.75) is 26.2 Å². The van der Waals surface area contributed by atoms with Crippen LogP contribution < -0.4 is 5.32 Å². The normalized spacial score (nSPS) is 22.2. The maximum absolute atomic E-state index is 4.49. The molecule has 2 rings (SSSR count). The highest BCUT2D eigenvalue weighted by Gasteiger charge is 2.18. The summed E-state index contributed by atoms with van der Waals surface area (Å²) in [4.78, 5) is 4.49. The molecule has 1 saturated heterocycles. The third kappa shape index (κ3) is 1.73. The van der Waals surface area contributed by atoms with Gasteiger partial charge in [0, 0.05) is 17.9 Å². The first-order valence-corrected chi connectivity index (χ1v) is 4.92. The molecule has 1 aromatic heterocycles. The topological polar surface area (TPSA) is 24.9 Å². The Balaban J connectivity index is 2.29. The summed E-state index contributed by atoms with van der Waals surface area (Å²) in [5.41, 5.74) is 3.75. The first-order valence-electron chi connectivity index (χ1n) is 4.92. The van der Waals surface area contributed by atoms with Gasteiger partial charge in [-0.2, -0.15) is 0 Å². The van der Waals surface area contributed by atoms with Crippen LogP contribution >= 0.6 is 0 Å². The van der Waals surface area contributed by atoms with Crippen molar-refractivity contribution in [2.75, 3.05) is 13.1 Å². The third-order valence-electron chi connectivity index (χ3n) is 2.77. The Hall–Kier alpha value is -0.890. The van der Waals surface area contributed by atoms with E-state index >= 15 is 0 Å². The number of hydrogen-bond acceptors (Lipinski definition) is 2. The van der Waals surface area contributed by atoms with Gasteiger partial charge < -0.3 is 5.32 Å². The lowest BCUT2D eigenvalue weighted by atomic mass is 9.97. The smallest absolute Gasteiger partial charge is 0.0411 e. The summed E-state index contributed by atoms with van der Waals surface area (Å²) in [6.07, 6.45) is 1.26. The van der Waals surface area contributed by atoms with Crippen molar-refractivity contribution in [3.63, 3.8) is 0 Å². The van der Waals surface area contributed by atoms with Crippen molar-refractivity contribution in [3.05, 3.63) is 29.1 Å². The molecule has 13 heavy (non-hydrogen) atoms. The van der Waals surface area contributed by atoms with Gasteiger partial charge in [0.25, 0.3) is 0 Å². The fraction of sp³-hybridized carbons (Fsp3) is 0.545. The van der Waals surface area contributed by atoms with Gasteiger partial charge in [0.2, 0.25) is 0 Å². The highest BCUT2D eigenvalue weighted by atomic mass is 14.9. The molecule has 0 saturated carbocycles. The minimum atomic E-state index is 0.688. The van der Waals surface area contributed by atoms with Crippen molar-refractivity contribution < 1.29 is 0 Å².